The number of ether oxygens (including phenoxy) is 1. The van der Waals surface area contributed by atoms with Crippen LogP contribution in [0, 0.1) is 0 Å². The first-order chi connectivity index (χ1) is 10.0. The van der Waals surface area contributed by atoms with E-state index >= 15 is 0 Å². The molecule has 1 aromatic carbocycles. The van der Waals surface area contributed by atoms with Gasteiger partial charge in [-0.05, 0) is 31.8 Å². The van der Waals surface area contributed by atoms with Gasteiger partial charge in [0.2, 0.25) is 0 Å². The van der Waals surface area contributed by atoms with Crippen LogP contribution >= 0.6 is 23.2 Å². The van der Waals surface area contributed by atoms with E-state index in [9.17, 15) is 0 Å². The Morgan fingerprint density at radius 3 is 2.29 bits per heavy atom. The summed E-state index contributed by atoms with van der Waals surface area (Å²) in [7, 11) is 5.75. The van der Waals surface area contributed by atoms with Crippen LogP contribution in [0.3, 0.4) is 0 Å². The third-order valence-corrected chi connectivity index (χ3v) is 4.30. The Labute approximate surface area is 136 Å². The topological polar surface area (TPSA) is 27.7 Å². The average molecular weight is 332 g/mol. The molecule has 1 fully saturated rings. The van der Waals surface area contributed by atoms with Crippen LogP contribution < -0.4 is 10.1 Å². The predicted octanol–water partition coefficient (Wildman–Crippen LogP) is 2.51. The summed E-state index contributed by atoms with van der Waals surface area (Å²) in [6, 6.07) is 4.23. The molecule has 1 aliphatic heterocycles. The fourth-order valence-corrected chi connectivity index (χ4v) is 3.40. The van der Waals surface area contributed by atoms with E-state index in [4.69, 9.17) is 27.9 Å². The normalized spacial score (nSPS) is 18.0. The van der Waals surface area contributed by atoms with E-state index in [1.54, 1.807) is 7.11 Å². The molecule has 6 heteroatoms. The Bertz CT molecular complexity index is 453. The van der Waals surface area contributed by atoms with Crippen LogP contribution in [-0.2, 0) is 0 Å². The SMILES string of the molecule is COc1c(Cl)cc(C(CN(C)C)N2CCNCC2)cc1Cl. The molecule has 1 atom stereocenters. The Morgan fingerprint density at radius 1 is 1.24 bits per heavy atom. The summed E-state index contributed by atoms with van der Waals surface area (Å²) < 4.78 is 5.24. The molecule has 4 nitrogen and oxygen atoms in total. The molecule has 0 aliphatic carbocycles. The van der Waals surface area contributed by atoms with Crippen molar-refractivity contribution >= 4 is 23.2 Å². The van der Waals surface area contributed by atoms with Gasteiger partial charge in [-0.2, -0.15) is 0 Å². The van der Waals surface area contributed by atoms with Crippen LogP contribution in [0.5, 0.6) is 5.75 Å². The number of methoxy groups -OCH3 is 1. The summed E-state index contributed by atoms with van der Waals surface area (Å²) in [5.74, 6) is 0.547. The van der Waals surface area contributed by atoms with Crippen molar-refractivity contribution in [3.05, 3.63) is 27.7 Å². The summed E-state index contributed by atoms with van der Waals surface area (Å²) in [5, 5.41) is 4.52. The molecule has 118 valence electrons. The molecule has 2 rings (SSSR count). The zero-order chi connectivity index (χ0) is 15.4. The van der Waals surface area contributed by atoms with E-state index in [0.29, 0.717) is 15.8 Å². The third-order valence-electron chi connectivity index (χ3n) is 3.74. The minimum Gasteiger partial charge on any atom is -0.494 e. The number of benzene rings is 1. The smallest absolute Gasteiger partial charge is 0.156 e. The minimum atomic E-state index is 0.281. The molecule has 1 aromatic rings. The fourth-order valence-electron chi connectivity index (χ4n) is 2.74. The lowest BCUT2D eigenvalue weighted by Gasteiger charge is -2.36. The quantitative estimate of drug-likeness (QED) is 0.897. The molecule has 1 N–H and O–H groups in total. The number of rotatable bonds is 5. The highest BCUT2D eigenvalue weighted by molar-refractivity contribution is 6.37. The van der Waals surface area contributed by atoms with Crippen molar-refractivity contribution in [3.63, 3.8) is 0 Å². The summed E-state index contributed by atoms with van der Waals surface area (Å²) in [6.45, 7) is 5.02. The molecule has 0 radical (unpaired) electrons. The van der Waals surface area contributed by atoms with E-state index < -0.39 is 0 Å². The monoisotopic (exact) mass is 331 g/mol. The second-order valence-corrected chi connectivity index (χ2v) is 6.40. The van der Waals surface area contributed by atoms with Crippen molar-refractivity contribution in [1.29, 1.82) is 0 Å². The largest absolute Gasteiger partial charge is 0.494 e. The Hall–Kier alpha value is -0.520. The average Bonchev–Trinajstić information content (AvgIpc) is 2.45. The summed E-state index contributed by atoms with van der Waals surface area (Å²) in [5.41, 5.74) is 1.14. The summed E-state index contributed by atoms with van der Waals surface area (Å²) in [6.07, 6.45) is 0. The first kappa shape index (κ1) is 16.8. The minimum absolute atomic E-state index is 0.281. The number of piperazine rings is 1. The van der Waals surface area contributed by atoms with Crippen LogP contribution in [0.2, 0.25) is 10.0 Å². The second kappa shape index (κ2) is 7.65. The molecule has 0 amide bonds. The molecule has 0 bridgehead atoms. The van der Waals surface area contributed by atoms with Gasteiger partial charge in [0.25, 0.3) is 0 Å². The van der Waals surface area contributed by atoms with Gasteiger partial charge in [-0.1, -0.05) is 23.2 Å². The van der Waals surface area contributed by atoms with Gasteiger partial charge in [-0.25, -0.2) is 0 Å². The Balaban J connectivity index is 2.31. The van der Waals surface area contributed by atoms with Crippen molar-refractivity contribution in [2.45, 2.75) is 6.04 Å². The van der Waals surface area contributed by atoms with Gasteiger partial charge in [-0.15, -0.1) is 0 Å². The van der Waals surface area contributed by atoms with Gasteiger partial charge in [0, 0.05) is 38.8 Å². The Morgan fingerprint density at radius 2 is 1.81 bits per heavy atom. The number of hydrogen-bond donors (Lipinski definition) is 1. The first-order valence-electron chi connectivity index (χ1n) is 7.15. The van der Waals surface area contributed by atoms with Crippen molar-refractivity contribution in [2.24, 2.45) is 0 Å². The van der Waals surface area contributed by atoms with Gasteiger partial charge in [0.15, 0.2) is 5.75 Å². The number of likely N-dealkylation sites (N-methyl/N-ethyl adjacent to an activating group) is 1. The predicted molar refractivity (Wildman–Crippen MR) is 88.8 cm³/mol. The molecular formula is C15H23Cl2N3O. The van der Waals surface area contributed by atoms with Crippen molar-refractivity contribution in [2.75, 3.05) is 53.9 Å². The lowest BCUT2D eigenvalue weighted by Crippen LogP contribution is -2.47. The summed E-state index contributed by atoms with van der Waals surface area (Å²) in [4.78, 5) is 4.67. The highest BCUT2D eigenvalue weighted by atomic mass is 35.5. The van der Waals surface area contributed by atoms with Crippen molar-refractivity contribution in [3.8, 4) is 5.75 Å². The highest BCUT2D eigenvalue weighted by Gasteiger charge is 2.24. The maximum atomic E-state index is 6.30. The zero-order valence-corrected chi connectivity index (χ0v) is 14.3. The maximum Gasteiger partial charge on any atom is 0.156 e. The van der Waals surface area contributed by atoms with Crippen LogP contribution in [-0.4, -0.2) is 63.7 Å². The van der Waals surface area contributed by atoms with Gasteiger partial charge in [0.1, 0.15) is 0 Å². The van der Waals surface area contributed by atoms with Gasteiger partial charge in [-0.3, -0.25) is 4.90 Å². The second-order valence-electron chi connectivity index (χ2n) is 5.58. The molecule has 0 spiro atoms. The van der Waals surface area contributed by atoms with E-state index in [0.717, 1.165) is 38.3 Å². The fraction of sp³-hybridized carbons (Fsp3) is 0.600. The molecule has 0 aromatic heterocycles. The first-order valence-corrected chi connectivity index (χ1v) is 7.91. The molecule has 1 unspecified atom stereocenters. The molecule has 1 heterocycles. The molecular weight excluding hydrogens is 309 g/mol. The van der Waals surface area contributed by atoms with Crippen LogP contribution in [0.15, 0.2) is 12.1 Å². The number of halogens is 2. The highest BCUT2D eigenvalue weighted by Crippen LogP contribution is 2.37. The van der Waals surface area contributed by atoms with Crippen LogP contribution in [0.25, 0.3) is 0 Å². The molecule has 0 saturated carbocycles. The van der Waals surface area contributed by atoms with Crippen molar-refractivity contribution < 1.29 is 4.74 Å². The number of nitrogens with one attached hydrogen (secondary N) is 1. The van der Waals surface area contributed by atoms with Crippen molar-refractivity contribution in [1.82, 2.24) is 15.1 Å². The van der Waals surface area contributed by atoms with Gasteiger partial charge in [0.05, 0.1) is 17.2 Å². The molecule has 21 heavy (non-hydrogen) atoms. The Kier molecular flexibility index (Phi) is 6.14. The van der Waals surface area contributed by atoms with Crippen LogP contribution in [0.1, 0.15) is 11.6 Å². The van der Waals surface area contributed by atoms with Crippen LogP contribution in [0.4, 0.5) is 0 Å². The van der Waals surface area contributed by atoms with E-state index in [2.05, 4.69) is 29.2 Å². The zero-order valence-electron chi connectivity index (χ0n) is 12.8. The van der Waals surface area contributed by atoms with E-state index in [1.807, 2.05) is 12.1 Å². The summed E-state index contributed by atoms with van der Waals surface area (Å²) >= 11 is 12.6. The number of hydrogen-bond acceptors (Lipinski definition) is 4. The molecule has 1 aliphatic rings. The van der Waals surface area contributed by atoms with E-state index in [-0.39, 0.29) is 6.04 Å². The van der Waals surface area contributed by atoms with Gasteiger partial charge < -0.3 is 15.0 Å². The number of nitrogens with zero attached hydrogens (tertiary/aromatic N) is 2. The van der Waals surface area contributed by atoms with E-state index in [1.165, 1.54) is 0 Å². The standard InChI is InChI=1S/C15H23Cl2N3O/c1-19(2)10-14(20-6-4-18-5-7-20)11-8-12(16)15(21-3)13(17)9-11/h8-9,14,18H,4-7,10H2,1-3H3. The third kappa shape index (κ3) is 4.24. The maximum absolute atomic E-state index is 6.30. The molecule has 1 saturated heterocycles. The van der Waals surface area contributed by atoms with Gasteiger partial charge >= 0.3 is 0 Å². The lowest BCUT2D eigenvalue weighted by atomic mass is 10.0. The lowest BCUT2D eigenvalue weighted by molar-refractivity contribution is 0.144.